The van der Waals surface area contributed by atoms with Gasteiger partial charge in [0.05, 0.1) is 13.2 Å². The minimum atomic E-state index is 0. The summed E-state index contributed by atoms with van der Waals surface area (Å²) >= 11 is 0. The molecular formula is C20H34IN3O3. The van der Waals surface area contributed by atoms with Crippen LogP contribution in [0.15, 0.2) is 35.3 Å². The Morgan fingerprint density at radius 1 is 1.15 bits per heavy atom. The molecule has 0 saturated carbocycles. The lowest BCUT2D eigenvalue weighted by Crippen LogP contribution is -2.47. The van der Waals surface area contributed by atoms with E-state index in [1.165, 1.54) is 0 Å². The van der Waals surface area contributed by atoms with Gasteiger partial charge < -0.3 is 24.4 Å². The first-order chi connectivity index (χ1) is 12.8. The van der Waals surface area contributed by atoms with Crippen LogP contribution in [0.1, 0.15) is 26.2 Å². The molecule has 0 aromatic heterocycles. The third-order valence-electron chi connectivity index (χ3n) is 4.26. The quantitative estimate of drug-likeness (QED) is 0.236. The molecule has 7 heteroatoms. The Labute approximate surface area is 180 Å². The van der Waals surface area contributed by atoms with Crippen molar-refractivity contribution in [2.45, 2.75) is 32.3 Å². The Balaban J connectivity index is 0.00000364. The molecule has 0 bridgehead atoms. The molecule has 0 amide bonds. The predicted molar refractivity (Wildman–Crippen MR) is 120 cm³/mol. The highest BCUT2D eigenvalue weighted by molar-refractivity contribution is 14.0. The lowest BCUT2D eigenvalue weighted by atomic mass is 10.1. The SMILES string of the molecule is CCNC(=NCCCOCCOC)N1CCC(Oc2ccccc2)CC1.I. The molecule has 0 unspecified atom stereocenters. The first-order valence-corrected chi connectivity index (χ1v) is 9.65. The summed E-state index contributed by atoms with van der Waals surface area (Å²) in [4.78, 5) is 7.08. The van der Waals surface area contributed by atoms with E-state index in [9.17, 15) is 0 Å². The summed E-state index contributed by atoms with van der Waals surface area (Å²) in [5, 5.41) is 3.40. The number of halogens is 1. The van der Waals surface area contributed by atoms with Crippen molar-refractivity contribution >= 4 is 29.9 Å². The zero-order valence-electron chi connectivity index (χ0n) is 16.6. The van der Waals surface area contributed by atoms with E-state index >= 15 is 0 Å². The van der Waals surface area contributed by atoms with Crippen LogP contribution >= 0.6 is 24.0 Å². The lowest BCUT2D eigenvalue weighted by molar-refractivity contribution is 0.0702. The van der Waals surface area contributed by atoms with Gasteiger partial charge in [-0.3, -0.25) is 4.99 Å². The lowest BCUT2D eigenvalue weighted by Gasteiger charge is -2.34. The molecule has 1 aliphatic rings. The number of guanidine groups is 1. The summed E-state index contributed by atoms with van der Waals surface area (Å²) in [5.41, 5.74) is 0. The number of hydrogen-bond acceptors (Lipinski definition) is 4. The average molecular weight is 491 g/mol. The zero-order valence-corrected chi connectivity index (χ0v) is 18.9. The summed E-state index contributed by atoms with van der Waals surface area (Å²) in [6.45, 7) is 7.70. The molecule has 1 aliphatic heterocycles. The monoisotopic (exact) mass is 491 g/mol. The van der Waals surface area contributed by atoms with E-state index in [1.807, 2.05) is 30.3 Å². The van der Waals surface area contributed by atoms with Crippen molar-refractivity contribution in [2.24, 2.45) is 4.99 Å². The predicted octanol–water partition coefficient (Wildman–Crippen LogP) is 3.17. The number of nitrogens with zero attached hydrogens (tertiary/aromatic N) is 2. The number of nitrogens with one attached hydrogen (secondary N) is 1. The maximum Gasteiger partial charge on any atom is 0.193 e. The molecule has 1 N–H and O–H groups in total. The Kier molecular flexibility index (Phi) is 13.3. The van der Waals surface area contributed by atoms with Gasteiger partial charge in [0, 0.05) is 52.7 Å². The van der Waals surface area contributed by atoms with Gasteiger partial charge in [-0.05, 0) is 25.5 Å². The van der Waals surface area contributed by atoms with Crippen molar-refractivity contribution in [3.05, 3.63) is 30.3 Å². The second kappa shape index (κ2) is 14.9. The van der Waals surface area contributed by atoms with Gasteiger partial charge in [0.25, 0.3) is 0 Å². The molecule has 1 aromatic rings. The smallest absolute Gasteiger partial charge is 0.193 e. The standard InChI is InChI=1S/C20H33N3O3.HI/c1-3-21-20(22-12-7-15-25-17-16-24-2)23-13-10-19(11-14-23)26-18-8-5-4-6-9-18;/h4-6,8-9,19H,3,7,10-17H2,1-2H3,(H,21,22);1H. The topological polar surface area (TPSA) is 55.3 Å². The molecule has 0 radical (unpaired) electrons. The van der Waals surface area contributed by atoms with Gasteiger partial charge >= 0.3 is 0 Å². The minimum absolute atomic E-state index is 0. The van der Waals surface area contributed by atoms with E-state index in [-0.39, 0.29) is 30.1 Å². The second-order valence-corrected chi connectivity index (χ2v) is 6.31. The van der Waals surface area contributed by atoms with Gasteiger partial charge in [-0.25, -0.2) is 0 Å². The number of ether oxygens (including phenoxy) is 3. The summed E-state index contributed by atoms with van der Waals surface area (Å²) in [6, 6.07) is 10.1. The van der Waals surface area contributed by atoms with Crippen LogP contribution in [-0.4, -0.2) is 70.1 Å². The summed E-state index contributed by atoms with van der Waals surface area (Å²) < 4.78 is 16.5. The van der Waals surface area contributed by atoms with Crippen molar-refractivity contribution in [3.63, 3.8) is 0 Å². The third-order valence-corrected chi connectivity index (χ3v) is 4.26. The minimum Gasteiger partial charge on any atom is -0.490 e. The van der Waals surface area contributed by atoms with Gasteiger partial charge in [0.2, 0.25) is 0 Å². The molecule has 1 fully saturated rings. The van der Waals surface area contributed by atoms with Crippen molar-refractivity contribution in [1.82, 2.24) is 10.2 Å². The Hall–Kier alpha value is -1.06. The van der Waals surface area contributed by atoms with Crippen molar-refractivity contribution < 1.29 is 14.2 Å². The van der Waals surface area contributed by atoms with Crippen LogP contribution in [0.2, 0.25) is 0 Å². The van der Waals surface area contributed by atoms with Gasteiger partial charge in [-0.15, -0.1) is 24.0 Å². The number of methoxy groups -OCH3 is 1. The summed E-state index contributed by atoms with van der Waals surface area (Å²) in [7, 11) is 1.68. The van der Waals surface area contributed by atoms with Crippen LogP contribution in [0.4, 0.5) is 0 Å². The fourth-order valence-corrected chi connectivity index (χ4v) is 2.90. The van der Waals surface area contributed by atoms with Crippen LogP contribution in [-0.2, 0) is 9.47 Å². The van der Waals surface area contributed by atoms with Crippen LogP contribution in [0, 0.1) is 0 Å². The molecule has 27 heavy (non-hydrogen) atoms. The molecule has 0 spiro atoms. The Bertz CT molecular complexity index is 508. The summed E-state index contributed by atoms with van der Waals surface area (Å²) in [5.74, 6) is 1.96. The number of hydrogen-bond donors (Lipinski definition) is 1. The van der Waals surface area contributed by atoms with E-state index in [4.69, 9.17) is 19.2 Å². The second-order valence-electron chi connectivity index (χ2n) is 6.31. The fourth-order valence-electron chi connectivity index (χ4n) is 2.90. The highest BCUT2D eigenvalue weighted by Crippen LogP contribution is 2.18. The number of para-hydroxylation sites is 1. The first-order valence-electron chi connectivity index (χ1n) is 9.65. The maximum absolute atomic E-state index is 6.07. The van der Waals surface area contributed by atoms with E-state index in [2.05, 4.69) is 17.1 Å². The Morgan fingerprint density at radius 3 is 2.56 bits per heavy atom. The number of piperidine rings is 1. The van der Waals surface area contributed by atoms with Crippen molar-refractivity contribution in [3.8, 4) is 5.75 Å². The number of rotatable bonds is 10. The van der Waals surface area contributed by atoms with Crippen LogP contribution in [0.5, 0.6) is 5.75 Å². The number of aliphatic imine (C=N–C) groups is 1. The number of benzene rings is 1. The van der Waals surface area contributed by atoms with Crippen LogP contribution < -0.4 is 10.1 Å². The van der Waals surface area contributed by atoms with Crippen molar-refractivity contribution in [1.29, 1.82) is 0 Å². The highest BCUT2D eigenvalue weighted by atomic mass is 127. The van der Waals surface area contributed by atoms with Gasteiger partial charge in [-0.1, -0.05) is 18.2 Å². The molecule has 2 rings (SSSR count). The number of likely N-dealkylation sites (tertiary alicyclic amines) is 1. The van der Waals surface area contributed by atoms with E-state index in [0.717, 1.165) is 63.8 Å². The average Bonchev–Trinajstić information content (AvgIpc) is 2.68. The van der Waals surface area contributed by atoms with E-state index in [1.54, 1.807) is 7.11 Å². The molecule has 1 saturated heterocycles. The maximum atomic E-state index is 6.07. The normalized spacial score (nSPS) is 15.3. The van der Waals surface area contributed by atoms with Crippen molar-refractivity contribution in [2.75, 3.05) is 53.1 Å². The molecule has 6 nitrogen and oxygen atoms in total. The van der Waals surface area contributed by atoms with Crippen LogP contribution in [0.3, 0.4) is 0 Å². The van der Waals surface area contributed by atoms with E-state index in [0.29, 0.717) is 13.2 Å². The zero-order chi connectivity index (χ0) is 18.5. The van der Waals surface area contributed by atoms with Gasteiger partial charge in [0.15, 0.2) is 5.96 Å². The van der Waals surface area contributed by atoms with Crippen LogP contribution in [0.25, 0.3) is 0 Å². The fraction of sp³-hybridized carbons (Fsp3) is 0.650. The largest absolute Gasteiger partial charge is 0.490 e. The summed E-state index contributed by atoms with van der Waals surface area (Å²) in [6.07, 6.45) is 3.23. The van der Waals surface area contributed by atoms with Gasteiger partial charge in [0.1, 0.15) is 11.9 Å². The van der Waals surface area contributed by atoms with Gasteiger partial charge in [-0.2, -0.15) is 0 Å². The Morgan fingerprint density at radius 2 is 1.89 bits per heavy atom. The van der Waals surface area contributed by atoms with E-state index < -0.39 is 0 Å². The molecule has 1 aromatic carbocycles. The molecule has 0 atom stereocenters. The molecule has 0 aliphatic carbocycles. The molecule has 1 heterocycles. The third kappa shape index (κ3) is 9.62. The first kappa shape index (κ1) is 24.0. The highest BCUT2D eigenvalue weighted by Gasteiger charge is 2.22. The molecular weight excluding hydrogens is 457 g/mol. The molecule has 154 valence electrons.